The minimum atomic E-state index is -0.706. The van der Waals surface area contributed by atoms with Gasteiger partial charge in [0.2, 0.25) is 0 Å². The molecule has 0 unspecified atom stereocenters. The Balaban J connectivity index is 2.21. The van der Waals surface area contributed by atoms with Gasteiger partial charge >= 0.3 is 0 Å². The molecule has 0 amide bonds. The van der Waals surface area contributed by atoms with Crippen LogP contribution in [-0.2, 0) is 0 Å². The fourth-order valence-corrected chi connectivity index (χ4v) is 3.36. The summed E-state index contributed by atoms with van der Waals surface area (Å²) >= 11 is 12.8. The number of nitrogens with zero attached hydrogens (tertiary/aromatic N) is 2. The molecule has 3 rings (SSSR count). The van der Waals surface area contributed by atoms with Crippen LogP contribution in [0.5, 0.6) is 0 Å². The molecular formula is C22H14Cl2N2O4. The molecule has 150 valence electrons. The maximum Gasteiger partial charge on any atom is 0.285 e. The predicted octanol–water partition coefficient (Wildman–Crippen LogP) is 6.98. The lowest BCUT2D eigenvalue weighted by Gasteiger charge is -2.08. The molecule has 0 saturated heterocycles. The summed E-state index contributed by atoms with van der Waals surface area (Å²) in [7, 11) is 0. The lowest BCUT2D eigenvalue weighted by Crippen LogP contribution is -2.00. The zero-order valence-electron chi connectivity index (χ0n) is 15.4. The molecule has 0 radical (unpaired) electrons. The molecule has 30 heavy (non-hydrogen) atoms. The topological polar surface area (TPSA) is 86.3 Å². The van der Waals surface area contributed by atoms with Crippen molar-refractivity contribution in [3.8, 4) is 0 Å². The molecule has 0 spiro atoms. The highest BCUT2D eigenvalue weighted by atomic mass is 35.5. The standard InChI is InChI=1S/C22H14Cl2N2O4/c23-19(11-15-7-3-1-4-8-15)17-13-18(20(24)12-16-9-5-2-6-10-16)22(26(29)30)14-21(17)25(27)28/h1-14H. The molecule has 3 aromatic rings. The molecule has 0 aromatic heterocycles. The summed E-state index contributed by atoms with van der Waals surface area (Å²) in [5.74, 6) is 0. The molecule has 8 heteroatoms. The summed E-state index contributed by atoms with van der Waals surface area (Å²) in [5, 5.41) is 23.3. The summed E-state index contributed by atoms with van der Waals surface area (Å²) in [6, 6.07) is 20.1. The van der Waals surface area contributed by atoms with Crippen molar-refractivity contribution in [2.45, 2.75) is 0 Å². The van der Waals surface area contributed by atoms with Gasteiger partial charge in [0.1, 0.15) is 0 Å². The Morgan fingerprint density at radius 3 is 1.37 bits per heavy atom. The number of hydrogen-bond acceptors (Lipinski definition) is 4. The Morgan fingerprint density at radius 2 is 1.03 bits per heavy atom. The van der Waals surface area contributed by atoms with E-state index < -0.39 is 21.2 Å². The summed E-state index contributed by atoms with van der Waals surface area (Å²) in [6.45, 7) is 0. The lowest BCUT2D eigenvalue weighted by atomic mass is 10.0. The third-order valence-electron chi connectivity index (χ3n) is 4.21. The summed E-state index contributed by atoms with van der Waals surface area (Å²) in [6.07, 6.45) is 3.10. The average Bonchev–Trinajstić information content (AvgIpc) is 2.74. The first-order valence-corrected chi connectivity index (χ1v) is 9.44. The first-order valence-electron chi connectivity index (χ1n) is 8.69. The Kier molecular flexibility index (Phi) is 6.61. The Labute approximate surface area is 182 Å². The molecule has 0 fully saturated rings. The molecule has 0 heterocycles. The van der Waals surface area contributed by atoms with Gasteiger partial charge in [-0.3, -0.25) is 20.2 Å². The fraction of sp³-hybridized carbons (Fsp3) is 0. The van der Waals surface area contributed by atoms with Crippen molar-refractivity contribution in [2.24, 2.45) is 0 Å². The highest BCUT2D eigenvalue weighted by Crippen LogP contribution is 2.39. The second-order valence-corrected chi connectivity index (χ2v) is 7.02. The second kappa shape index (κ2) is 9.35. The van der Waals surface area contributed by atoms with E-state index in [2.05, 4.69) is 0 Å². The van der Waals surface area contributed by atoms with Crippen LogP contribution in [0.15, 0.2) is 72.8 Å². The first-order chi connectivity index (χ1) is 14.4. The van der Waals surface area contributed by atoms with E-state index in [9.17, 15) is 20.2 Å². The third-order valence-corrected chi connectivity index (χ3v) is 4.83. The Morgan fingerprint density at radius 1 is 0.667 bits per heavy atom. The highest BCUT2D eigenvalue weighted by Gasteiger charge is 2.27. The number of benzene rings is 3. The van der Waals surface area contributed by atoms with Gasteiger partial charge in [0.25, 0.3) is 11.4 Å². The van der Waals surface area contributed by atoms with Crippen LogP contribution >= 0.6 is 23.2 Å². The van der Waals surface area contributed by atoms with Crippen molar-refractivity contribution in [3.63, 3.8) is 0 Å². The van der Waals surface area contributed by atoms with E-state index >= 15 is 0 Å². The van der Waals surface area contributed by atoms with Crippen molar-refractivity contribution in [1.29, 1.82) is 0 Å². The Bertz CT molecular complexity index is 1070. The second-order valence-electron chi connectivity index (χ2n) is 6.21. The van der Waals surface area contributed by atoms with Gasteiger partial charge in [-0.1, -0.05) is 83.9 Å². The molecule has 0 atom stereocenters. The van der Waals surface area contributed by atoms with Gasteiger partial charge in [-0.15, -0.1) is 0 Å². The van der Waals surface area contributed by atoms with Gasteiger partial charge in [-0.05, 0) is 29.3 Å². The van der Waals surface area contributed by atoms with Gasteiger partial charge in [-0.2, -0.15) is 0 Å². The lowest BCUT2D eigenvalue weighted by molar-refractivity contribution is -0.394. The van der Waals surface area contributed by atoms with E-state index in [0.717, 1.165) is 17.2 Å². The average molecular weight is 441 g/mol. The minimum absolute atomic E-state index is 0.0331. The van der Waals surface area contributed by atoms with E-state index in [4.69, 9.17) is 23.2 Å². The number of rotatable bonds is 6. The van der Waals surface area contributed by atoms with E-state index in [1.807, 2.05) is 12.1 Å². The monoisotopic (exact) mass is 440 g/mol. The normalized spacial score (nSPS) is 11.9. The summed E-state index contributed by atoms with van der Waals surface area (Å²) in [4.78, 5) is 21.7. The van der Waals surface area contributed by atoms with Gasteiger partial charge in [0, 0.05) is 0 Å². The molecule has 0 saturated carbocycles. The molecule has 0 aliphatic rings. The van der Waals surface area contributed by atoms with E-state index in [0.29, 0.717) is 0 Å². The van der Waals surface area contributed by atoms with Crippen molar-refractivity contribution < 1.29 is 9.85 Å². The van der Waals surface area contributed by atoms with E-state index in [1.54, 1.807) is 60.7 Å². The number of nitro groups is 2. The van der Waals surface area contributed by atoms with Gasteiger partial charge in [0.05, 0.1) is 37.1 Å². The quantitative estimate of drug-likeness (QED) is 0.235. The minimum Gasteiger partial charge on any atom is -0.258 e. The molecule has 0 aliphatic heterocycles. The molecule has 3 aromatic carbocycles. The van der Waals surface area contributed by atoms with Crippen LogP contribution < -0.4 is 0 Å². The molecule has 0 bridgehead atoms. The predicted molar refractivity (Wildman–Crippen MR) is 120 cm³/mol. The maximum atomic E-state index is 11.6. The SMILES string of the molecule is O=[N+]([O-])c1cc([N+](=O)[O-])c(C(Cl)=Cc2ccccc2)cc1C(Cl)=Cc1ccccc1. The third kappa shape index (κ3) is 4.92. The zero-order chi connectivity index (χ0) is 21.7. The fourth-order valence-electron chi connectivity index (χ4n) is 2.81. The molecule has 0 aliphatic carbocycles. The van der Waals surface area contributed by atoms with Crippen LogP contribution in [0.1, 0.15) is 22.3 Å². The highest BCUT2D eigenvalue weighted by molar-refractivity contribution is 6.53. The number of halogens is 2. The van der Waals surface area contributed by atoms with E-state index in [-0.39, 0.29) is 21.2 Å². The molecule has 0 N–H and O–H groups in total. The molecule has 6 nitrogen and oxygen atoms in total. The van der Waals surface area contributed by atoms with Crippen LogP contribution in [0, 0.1) is 20.2 Å². The van der Waals surface area contributed by atoms with Crippen LogP contribution in [0.2, 0.25) is 0 Å². The largest absolute Gasteiger partial charge is 0.285 e. The smallest absolute Gasteiger partial charge is 0.258 e. The van der Waals surface area contributed by atoms with Crippen molar-refractivity contribution in [1.82, 2.24) is 0 Å². The zero-order valence-corrected chi connectivity index (χ0v) is 16.9. The Hall–Kier alpha value is -3.48. The maximum absolute atomic E-state index is 11.6. The number of nitro benzene ring substituents is 2. The van der Waals surface area contributed by atoms with Gasteiger partial charge in [-0.25, -0.2) is 0 Å². The van der Waals surface area contributed by atoms with Crippen LogP contribution in [0.3, 0.4) is 0 Å². The van der Waals surface area contributed by atoms with Crippen LogP contribution in [0.25, 0.3) is 22.2 Å². The van der Waals surface area contributed by atoms with E-state index in [1.165, 1.54) is 6.07 Å². The van der Waals surface area contributed by atoms with Crippen molar-refractivity contribution in [2.75, 3.05) is 0 Å². The van der Waals surface area contributed by atoms with Gasteiger partial charge < -0.3 is 0 Å². The van der Waals surface area contributed by atoms with Crippen molar-refractivity contribution in [3.05, 3.63) is 115 Å². The van der Waals surface area contributed by atoms with Crippen LogP contribution in [0.4, 0.5) is 11.4 Å². The van der Waals surface area contributed by atoms with Gasteiger partial charge in [0.15, 0.2) is 0 Å². The van der Waals surface area contributed by atoms with Crippen molar-refractivity contribution >= 4 is 56.8 Å². The molecular weight excluding hydrogens is 427 g/mol. The summed E-state index contributed by atoms with van der Waals surface area (Å²) < 4.78 is 0. The summed E-state index contributed by atoms with van der Waals surface area (Å²) in [5.41, 5.74) is 0.556. The number of hydrogen-bond donors (Lipinski definition) is 0. The first kappa shape index (κ1) is 21.2. The van der Waals surface area contributed by atoms with Crippen LogP contribution in [-0.4, -0.2) is 9.85 Å².